The third-order valence-electron chi connectivity index (χ3n) is 5.28. The van der Waals surface area contributed by atoms with Gasteiger partial charge in [-0.1, -0.05) is 0 Å². The molecule has 1 aromatic carbocycles. The number of primary amides is 1. The molecule has 4 rings (SSSR count). The van der Waals surface area contributed by atoms with Gasteiger partial charge in [-0.25, -0.2) is 9.97 Å². The van der Waals surface area contributed by atoms with E-state index in [1.807, 2.05) is 0 Å². The van der Waals surface area contributed by atoms with E-state index < -0.39 is 34.3 Å². The first-order valence-electron chi connectivity index (χ1n) is 9.56. The number of amides is 1. The molecule has 1 fully saturated rings. The molecule has 1 aliphatic rings. The van der Waals surface area contributed by atoms with Gasteiger partial charge in [-0.05, 0) is 30.7 Å². The predicted octanol–water partition coefficient (Wildman–Crippen LogP) is 3.00. The Labute approximate surface area is 181 Å². The average Bonchev–Trinajstić information content (AvgIpc) is 3.13. The summed E-state index contributed by atoms with van der Waals surface area (Å²) in [5.74, 6) is -0.400. The molecule has 172 valence electrons. The van der Waals surface area contributed by atoms with Gasteiger partial charge in [0.05, 0.1) is 29.2 Å². The Morgan fingerprint density at radius 1 is 1.28 bits per heavy atom. The molecule has 0 aliphatic carbocycles. The third kappa shape index (κ3) is 4.50. The first-order chi connectivity index (χ1) is 14.9. The average molecular weight is 470 g/mol. The number of hydrogen-bond donors (Lipinski definition) is 6. The van der Waals surface area contributed by atoms with Crippen molar-refractivity contribution < 1.29 is 27.1 Å². The lowest BCUT2D eigenvalue weighted by Gasteiger charge is -2.43. The van der Waals surface area contributed by atoms with Crippen molar-refractivity contribution in [3.05, 3.63) is 41.7 Å². The molecule has 3 heterocycles. The highest BCUT2D eigenvalue weighted by Crippen LogP contribution is 2.44. The molecule has 1 amide bonds. The number of nitrogens with zero attached hydrogens (tertiary/aromatic N) is 2. The molecule has 0 saturated carbocycles. The number of H-pyrrole nitrogens is 1. The maximum Gasteiger partial charge on any atom is 0.416 e. The van der Waals surface area contributed by atoms with E-state index in [0.29, 0.717) is 11.9 Å². The standard InChI is InChI=1S/C19H21F3N6O3S/c20-19(21,22)10-1-2-12-9(5-10)6-13(26-12)16-17(18(24)29)25-7-15(28-16)27-14-8-32(30,31)4-3-11(14)23/h1-2,5-7,11,14,26,30-31H,3-4,8,23H2,(H2,24,29)(H,27,28)/t11-,14+/m0/s1. The summed E-state index contributed by atoms with van der Waals surface area (Å²) in [6, 6.07) is 3.79. The van der Waals surface area contributed by atoms with Crippen molar-refractivity contribution >= 4 is 33.2 Å². The van der Waals surface area contributed by atoms with Gasteiger partial charge in [0.15, 0.2) is 5.69 Å². The van der Waals surface area contributed by atoms with E-state index >= 15 is 0 Å². The van der Waals surface area contributed by atoms with Crippen molar-refractivity contribution in [1.29, 1.82) is 0 Å². The van der Waals surface area contributed by atoms with Gasteiger partial charge in [-0.15, -0.1) is 0 Å². The van der Waals surface area contributed by atoms with Crippen molar-refractivity contribution in [1.82, 2.24) is 15.0 Å². The second-order valence-electron chi connectivity index (χ2n) is 7.68. The van der Waals surface area contributed by atoms with Crippen LogP contribution >= 0.6 is 10.6 Å². The Hall–Kier alpha value is -2.87. The van der Waals surface area contributed by atoms with Gasteiger partial charge in [-0.2, -0.15) is 23.8 Å². The molecular weight excluding hydrogens is 449 g/mol. The van der Waals surface area contributed by atoms with Crippen LogP contribution in [0.15, 0.2) is 30.5 Å². The fraction of sp³-hybridized carbons (Fsp3) is 0.316. The number of carbonyl (C=O) groups excluding carboxylic acids is 1. The Morgan fingerprint density at radius 2 is 2.03 bits per heavy atom. The SMILES string of the molecule is NC(=O)c1ncc(N[C@@H]2CS(O)(O)CC[C@@H]2N)nc1-c1cc2cc(C(F)(F)F)ccc2[nH]1. The molecule has 3 aromatic rings. The normalized spacial score (nSPS) is 21.9. The summed E-state index contributed by atoms with van der Waals surface area (Å²) in [5.41, 5.74) is 11.2. The smallest absolute Gasteiger partial charge is 0.364 e. The van der Waals surface area contributed by atoms with E-state index in [2.05, 4.69) is 20.3 Å². The van der Waals surface area contributed by atoms with Crippen molar-refractivity contribution in [3.8, 4) is 11.4 Å². The molecule has 8 N–H and O–H groups in total. The van der Waals surface area contributed by atoms with Crippen molar-refractivity contribution in [2.24, 2.45) is 11.5 Å². The molecular formula is C19H21F3N6O3S. The fourth-order valence-electron chi connectivity index (χ4n) is 3.62. The van der Waals surface area contributed by atoms with Crippen LogP contribution in [0.3, 0.4) is 0 Å². The second-order valence-corrected chi connectivity index (χ2v) is 10.0. The van der Waals surface area contributed by atoms with E-state index in [-0.39, 0.29) is 45.8 Å². The number of alkyl halides is 3. The van der Waals surface area contributed by atoms with Gasteiger partial charge in [-0.3, -0.25) is 13.9 Å². The first kappa shape index (κ1) is 22.3. The van der Waals surface area contributed by atoms with E-state index in [1.54, 1.807) is 0 Å². The quantitative estimate of drug-likeness (QED) is 0.341. The maximum atomic E-state index is 13.0. The summed E-state index contributed by atoms with van der Waals surface area (Å²) >= 11 is 0. The summed E-state index contributed by atoms with van der Waals surface area (Å²) in [4.78, 5) is 23.2. The van der Waals surface area contributed by atoms with Gasteiger partial charge in [0.25, 0.3) is 5.91 Å². The third-order valence-corrected chi connectivity index (χ3v) is 7.07. The minimum absolute atomic E-state index is 0.0371. The van der Waals surface area contributed by atoms with Crippen LogP contribution in [0.2, 0.25) is 0 Å². The molecule has 1 aliphatic heterocycles. The van der Waals surface area contributed by atoms with E-state index in [0.717, 1.165) is 12.1 Å². The number of aromatic nitrogens is 3. The van der Waals surface area contributed by atoms with Crippen LogP contribution in [-0.4, -0.2) is 53.6 Å². The fourth-order valence-corrected chi connectivity index (χ4v) is 5.34. The van der Waals surface area contributed by atoms with Crippen LogP contribution < -0.4 is 16.8 Å². The largest absolute Gasteiger partial charge is 0.416 e. The van der Waals surface area contributed by atoms with Gasteiger partial charge in [0.2, 0.25) is 0 Å². The molecule has 13 heteroatoms. The molecule has 0 spiro atoms. The molecule has 1 saturated heterocycles. The zero-order chi connectivity index (χ0) is 23.3. The summed E-state index contributed by atoms with van der Waals surface area (Å²) in [5, 5.41) is 3.28. The topological polar surface area (TPSA) is 163 Å². The molecule has 0 unspecified atom stereocenters. The van der Waals surface area contributed by atoms with E-state index in [4.69, 9.17) is 11.5 Å². The van der Waals surface area contributed by atoms with Crippen LogP contribution in [-0.2, 0) is 6.18 Å². The molecule has 9 nitrogen and oxygen atoms in total. The van der Waals surface area contributed by atoms with Gasteiger partial charge < -0.3 is 21.8 Å². The molecule has 2 aromatic heterocycles. The Bertz CT molecular complexity index is 1180. The van der Waals surface area contributed by atoms with Crippen LogP contribution in [0.4, 0.5) is 19.0 Å². The lowest BCUT2D eigenvalue weighted by Crippen LogP contribution is -2.48. The highest BCUT2D eigenvalue weighted by Gasteiger charge is 2.32. The lowest BCUT2D eigenvalue weighted by atomic mass is 10.1. The number of rotatable bonds is 4. The highest BCUT2D eigenvalue weighted by atomic mass is 32.3. The zero-order valence-corrected chi connectivity index (χ0v) is 17.4. The van der Waals surface area contributed by atoms with Crippen LogP contribution in [0.25, 0.3) is 22.3 Å². The number of carbonyl (C=O) groups is 1. The van der Waals surface area contributed by atoms with Gasteiger partial charge in [0.1, 0.15) is 11.5 Å². The number of aromatic amines is 1. The van der Waals surface area contributed by atoms with Gasteiger partial charge in [0, 0.05) is 22.7 Å². The number of nitrogens with one attached hydrogen (secondary N) is 2. The Morgan fingerprint density at radius 3 is 2.72 bits per heavy atom. The van der Waals surface area contributed by atoms with Crippen molar-refractivity contribution in [3.63, 3.8) is 0 Å². The van der Waals surface area contributed by atoms with Crippen LogP contribution in [0.1, 0.15) is 22.5 Å². The number of anilines is 1. The summed E-state index contributed by atoms with van der Waals surface area (Å²) in [6.07, 6.45) is -2.83. The van der Waals surface area contributed by atoms with Crippen molar-refractivity contribution in [2.75, 3.05) is 16.8 Å². The number of benzene rings is 1. The summed E-state index contributed by atoms with van der Waals surface area (Å²) in [7, 11) is -2.77. The maximum absolute atomic E-state index is 13.0. The number of hydrogen-bond acceptors (Lipinski definition) is 7. The number of nitrogens with two attached hydrogens (primary N) is 2. The van der Waals surface area contributed by atoms with Gasteiger partial charge >= 0.3 is 6.18 Å². The Balaban J connectivity index is 1.72. The molecule has 2 atom stereocenters. The molecule has 32 heavy (non-hydrogen) atoms. The second kappa shape index (κ2) is 7.92. The Kier molecular flexibility index (Phi) is 5.53. The minimum Gasteiger partial charge on any atom is -0.364 e. The molecule has 0 bridgehead atoms. The van der Waals surface area contributed by atoms with Crippen molar-refractivity contribution in [2.45, 2.75) is 24.7 Å². The molecule has 0 radical (unpaired) electrons. The minimum atomic E-state index is -4.50. The number of halogens is 3. The highest BCUT2D eigenvalue weighted by molar-refractivity contribution is 8.24. The summed E-state index contributed by atoms with van der Waals surface area (Å²) in [6.45, 7) is 0. The van der Waals surface area contributed by atoms with Crippen LogP contribution in [0, 0.1) is 0 Å². The summed E-state index contributed by atoms with van der Waals surface area (Å²) < 4.78 is 59.1. The van der Waals surface area contributed by atoms with E-state index in [9.17, 15) is 27.1 Å². The monoisotopic (exact) mass is 470 g/mol. The van der Waals surface area contributed by atoms with Crippen LogP contribution in [0.5, 0.6) is 0 Å². The number of fused-ring (bicyclic) bond motifs is 1. The zero-order valence-electron chi connectivity index (χ0n) is 16.6. The lowest BCUT2D eigenvalue weighted by molar-refractivity contribution is -0.137. The predicted molar refractivity (Wildman–Crippen MR) is 115 cm³/mol. The first-order valence-corrected chi connectivity index (χ1v) is 11.4. The van der Waals surface area contributed by atoms with E-state index in [1.165, 1.54) is 18.3 Å².